The summed E-state index contributed by atoms with van der Waals surface area (Å²) in [5.41, 5.74) is 4.64. The number of carboxylic acid groups (broad SMARTS) is 1. The molecule has 0 radical (unpaired) electrons. The number of carboxylic acids is 1. The summed E-state index contributed by atoms with van der Waals surface area (Å²) in [7, 11) is 0. The van der Waals surface area contributed by atoms with Crippen LogP contribution in [0.5, 0.6) is 0 Å². The number of hydrogen-bond acceptors (Lipinski definition) is 4. The van der Waals surface area contributed by atoms with Crippen LogP contribution in [0.1, 0.15) is 31.9 Å². The second-order valence-corrected chi connectivity index (χ2v) is 5.94. The van der Waals surface area contributed by atoms with Gasteiger partial charge in [0, 0.05) is 6.42 Å². The van der Waals surface area contributed by atoms with E-state index in [1.807, 2.05) is 19.1 Å². The molecule has 5 nitrogen and oxygen atoms in total. The standard InChI is InChI=1S/C15H21NO4/c1-10-5-7-11(8-6-10)9-15(16,12(17)18)13(19)20-14(2,3)4/h5-8H,9,16H2,1-4H3,(H,17,18)/t15-/m1/s1. The van der Waals surface area contributed by atoms with Crippen LogP contribution in [0.15, 0.2) is 24.3 Å². The number of ether oxygens (including phenoxy) is 1. The first kappa shape index (κ1) is 16.2. The van der Waals surface area contributed by atoms with Gasteiger partial charge in [-0.15, -0.1) is 0 Å². The zero-order chi connectivity index (χ0) is 15.6. The second kappa shape index (κ2) is 5.63. The van der Waals surface area contributed by atoms with E-state index in [4.69, 9.17) is 10.5 Å². The summed E-state index contributed by atoms with van der Waals surface area (Å²) in [5.74, 6) is -2.33. The minimum Gasteiger partial charge on any atom is -0.479 e. The van der Waals surface area contributed by atoms with Crippen LogP contribution in [0.25, 0.3) is 0 Å². The maximum absolute atomic E-state index is 12.1. The number of carbonyl (C=O) groups is 2. The minimum absolute atomic E-state index is 0.114. The van der Waals surface area contributed by atoms with Gasteiger partial charge in [0.1, 0.15) is 5.60 Å². The van der Waals surface area contributed by atoms with Crippen molar-refractivity contribution in [3.63, 3.8) is 0 Å². The fourth-order valence-corrected chi connectivity index (χ4v) is 1.63. The van der Waals surface area contributed by atoms with Crippen LogP contribution < -0.4 is 5.73 Å². The van der Waals surface area contributed by atoms with E-state index in [1.54, 1.807) is 32.9 Å². The van der Waals surface area contributed by atoms with Gasteiger partial charge in [0.05, 0.1) is 0 Å². The summed E-state index contributed by atoms with van der Waals surface area (Å²) in [6, 6.07) is 7.19. The van der Waals surface area contributed by atoms with E-state index >= 15 is 0 Å². The summed E-state index contributed by atoms with van der Waals surface area (Å²) in [6.07, 6.45) is -0.114. The van der Waals surface area contributed by atoms with Crippen molar-refractivity contribution in [3.8, 4) is 0 Å². The van der Waals surface area contributed by atoms with Crippen molar-refractivity contribution in [2.75, 3.05) is 0 Å². The van der Waals surface area contributed by atoms with Crippen molar-refractivity contribution in [1.82, 2.24) is 0 Å². The Morgan fingerprint density at radius 2 is 1.70 bits per heavy atom. The van der Waals surface area contributed by atoms with Crippen molar-refractivity contribution >= 4 is 11.9 Å². The van der Waals surface area contributed by atoms with Gasteiger partial charge < -0.3 is 15.6 Å². The van der Waals surface area contributed by atoms with Gasteiger partial charge in [0.25, 0.3) is 0 Å². The second-order valence-electron chi connectivity index (χ2n) is 5.94. The molecular weight excluding hydrogens is 258 g/mol. The van der Waals surface area contributed by atoms with Crippen LogP contribution in [0.4, 0.5) is 0 Å². The first-order valence-corrected chi connectivity index (χ1v) is 6.36. The summed E-state index contributed by atoms with van der Waals surface area (Å²) >= 11 is 0. The third-order valence-electron chi connectivity index (χ3n) is 2.75. The maximum atomic E-state index is 12.1. The quantitative estimate of drug-likeness (QED) is 0.646. The Kier molecular flexibility index (Phi) is 4.55. The monoisotopic (exact) mass is 279 g/mol. The number of nitrogens with two attached hydrogens (primary N) is 1. The molecule has 0 spiro atoms. The van der Waals surface area contributed by atoms with E-state index in [9.17, 15) is 14.7 Å². The first-order chi connectivity index (χ1) is 9.04. The predicted molar refractivity (Wildman–Crippen MR) is 75.3 cm³/mol. The Morgan fingerprint density at radius 1 is 1.20 bits per heavy atom. The third-order valence-corrected chi connectivity index (χ3v) is 2.75. The zero-order valence-electron chi connectivity index (χ0n) is 12.3. The molecule has 1 aromatic rings. The van der Waals surface area contributed by atoms with Crippen LogP contribution in [0.3, 0.4) is 0 Å². The molecule has 0 aromatic heterocycles. The molecule has 0 saturated carbocycles. The van der Waals surface area contributed by atoms with Gasteiger partial charge in [-0.05, 0) is 33.3 Å². The van der Waals surface area contributed by atoms with Crippen LogP contribution >= 0.6 is 0 Å². The van der Waals surface area contributed by atoms with Gasteiger partial charge in [-0.25, -0.2) is 9.59 Å². The topological polar surface area (TPSA) is 89.6 Å². The maximum Gasteiger partial charge on any atom is 0.338 e. The lowest BCUT2D eigenvalue weighted by atomic mass is 9.91. The number of esters is 1. The lowest BCUT2D eigenvalue weighted by molar-refractivity contribution is -0.169. The van der Waals surface area contributed by atoms with Crippen molar-refractivity contribution in [2.24, 2.45) is 5.73 Å². The molecule has 0 fully saturated rings. The molecule has 0 aliphatic rings. The molecule has 110 valence electrons. The number of hydrogen-bond donors (Lipinski definition) is 2. The molecule has 0 aliphatic heterocycles. The van der Waals surface area contributed by atoms with Crippen molar-refractivity contribution in [1.29, 1.82) is 0 Å². The summed E-state index contributed by atoms with van der Waals surface area (Å²) < 4.78 is 5.12. The largest absolute Gasteiger partial charge is 0.479 e. The summed E-state index contributed by atoms with van der Waals surface area (Å²) in [5, 5.41) is 9.29. The average molecular weight is 279 g/mol. The lowest BCUT2D eigenvalue weighted by Crippen LogP contribution is -2.58. The summed E-state index contributed by atoms with van der Waals surface area (Å²) in [6.45, 7) is 6.92. The SMILES string of the molecule is Cc1ccc(C[C@@](N)(C(=O)O)C(=O)OC(C)(C)C)cc1. The number of benzene rings is 1. The molecule has 0 aliphatic carbocycles. The van der Waals surface area contributed by atoms with E-state index in [0.29, 0.717) is 5.56 Å². The molecule has 0 unspecified atom stereocenters. The fourth-order valence-electron chi connectivity index (χ4n) is 1.63. The van der Waals surface area contributed by atoms with Crippen molar-refractivity contribution in [2.45, 2.75) is 45.3 Å². The van der Waals surface area contributed by atoms with E-state index in [-0.39, 0.29) is 6.42 Å². The minimum atomic E-state index is -2.08. The molecule has 0 amide bonds. The highest BCUT2D eigenvalue weighted by Crippen LogP contribution is 2.18. The normalized spacial score (nSPS) is 14.4. The average Bonchev–Trinajstić information content (AvgIpc) is 2.29. The molecular formula is C15H21NO4. The Labute approximate surface area is 118 Å². The zero-order valence-corrected chi connectivity index (χ0v) is 12.3. The molecule has 0 saturated heterocycles. The Hall–Kier alpha value is -1.88. The predicted octanol–water partition coefficient (Wildman–Crippen LogP) is 1.66. The fraction of sp³-hybridized carbons (Fsp3) is 0.467. The number of aryl methyl sites for hydroxylation is 1. The Bertz CT molecular complexity index is 502. The van der Waals surface area contributed by atoms with Gasteiger partial charge >= 0.3 is 11.9 Å². The number of aliphatic carboxylic acids is 1. The van der Waals surface area contributed by atoms with Crippen LogP contribution in [0.2, 0.25) is 0 Å². The Morgan fingerprint density at radius 3 is 2.10 bits per heavy atom. The highest BCUT2D eigenvalue weighted by Gasteiger charge is 2.45. The van der Waals surface area contributed by atoms with E-state index in [0.717, 1.165) is 5.56 Å². The smallest absolute Gasteiger partial charge is 0.338 e. The first-order valence-electron chi connectivity index (χ1n) is 6.36. The molecule has 3 N–H and O–H groups in total. The van der Waals surface area contributed by atoms with Gasteiger partial charge in [-0.3, -0.25) is 0 Å². The van der Waals surface area contributed by atoms with Crippen molar-refractivity contribution < 1.29 is 19.4 Å². The molecule has 1 atom stereocenters. The van der Waals surface area contributed by atoms with Gasteiger partial charge in [-0.1, -0.05) is 29.8 Å². The molecule has 0 bridgehead atoms. The van der Waals surface area contributed by atoms with E-state index < -0.39 is 23.1 Å². The van der Waals surface area contributed by atoms with Crippen LogP contribution in [-0.4, -0.2) is 28.2 Å². The molecule has 5 heteroatoms. The molecule has 0 heterocycles. The molecule has 20 heavy (non-hydrogen) atoms. The highest BCUT2D eigenvalue weighted by atomic mass is 16.6. The molecule has 1 rings (SSSR count). The number of carbonyl (C=O) groups excluding carboxylic acids is 1. The van der Waals surface area contributed by atoms with Crippen LogP contribution in [-0.2, 0) is 20.7 Å². The van der Waals surface area contributed by atoms with Gasteiger partial charge in [-0.2, -0.15) is 0 Å². The van der Waals surface area contributed by atoms with Gasteiger partial charge in [0.15, 0.2) is 0 Å². The third kappa shape index (κ3) is 4.06. The number of rotatable bonds is 4. The highest BCUT2D eigenvalue weighted by molar-refractivity contribution is 6.04. The van der Waals surface area contributed by atoms with Gasteiger partial charge in [0.2, 0.25) is 5.54 Å². The summed E-state index contributed by atoms with van der Waals surface area (Å²) in [4.78, 5) is 23.5. The lowest BCUT2D eigenvalue weighted by Gasteiger charge is -2.28. The van der Waals surface area contributed by atoms with Crippen molar-refractivity contribution in [3.05, 3.63) is 35.4 Å². The van der Waals surface area contributed by atoms with Crippen LogP contribution in [0, 0.1) is 6.92 Å². The van der Waals surface area contributed by atoms with E-state index in [1.165, 1.54) is 0 Å². The molecule has 1 aromatic carbocycles. The Balaban J connectivity index is 3.00. The van der Waals surface area contributed by atoms with E-state index in [2.05, 4.69) is 0 Å².